The lowest BCUT2D eigenvalue weighted by Gasteiger charge is -2.25. The summed E-state index contributed by atoms with van der Waals surface area (Å²) < 4.78 is 5.32. The zero-order valence-electron chi connectivity index (χ0n) is 17.0. The van der Waals surface area contributed by atoms with Crippen molar-refractivity contribution in [1.82, 2.24) is 15.2 Å². The number of nitrogens with one attached hydrogen (secondary N) is 1. The van der Waals surface area contributed by atoms with E-state index in [4.69, 9.17) is 4.74 Å². The maximum absolute atomic E-state index is 13.0. The van der Waals surface area contributed by atoms with Gasteiger partial charge in [-0.3, -0.25) is 4.79 Å². The fourth-order valence-corrected chi connectivity index (χ4v) is 3.29. The van der Waals surface area contributed by atoms with E-state index in [1.807, 2.05) is 61.5 Å². The first-order chi connectivity index (χ1) is 14.0. The summed E-state index contributed by atoms with van der Waals surface area (Å²) >= 11 is 0. The van der Waals surface area contributed by atoms with Gasteiger partial charge in [0.05, 0.1) is 18.9 Å². The summed E-state index contributed by atoms with van der Waals surface area (Å²) in [7, 11) is 3.22. The Balaban J connectivity index is 1.87. The van der Waals surface area contributed by atoms with Crippen LogP contribution in [0.2, 0.25) is 0 Å². The number of carbonyl (C=O) groups is 2. The Morgan fingerprint density at radius 3 is 2.66 bits per heavy atom. The first-order valence-corrected chi connectivity index (χ1v) is 9.61. The van der Waals surface area contributed by atoms with Crippen LogP contribution >= 0.6 is 0 Å². The maximum Gasteiger partial charge on any atom is 0.317 e. The lowest BCUT2D eigenvalue weighted by molar-refractivity contribution is -0.133. The van der Waals surface area contributed by atoms with E-state index in [0.717, 1.165) is 22.6 Å². The minimum Gasteiger partial charge on any atom is -0.497 e. The lowest BCUT2D eigenvalue weighted by atomic mass is 9.98. The van der Waals surface area contributed by atoms with Crippen LogP contribution in [-0.2, 0) is 4.79 Å². The molecule has 3 rings (SSSR count). The SMILES string of the molecule is CCNC(=O)N(C)CC(=O)N1N=C(c2cccc(OC)c2)C[C@@H]1c1ccccc1. The van der Waals surface area contributed by atoms with Crippen LogP contribution in [0.5, 0.6) is 5.75 Å². The molecule has 1 N–H and O–H groups in total. The molecule has 0 bridgehead atoms. The molecule has 0 radical (unpaired) electrons. The number of hydrogen-bond donors (Lipinski definition) is 1. The van der Waals surface area contributed by atoms with Crippen LogP contribution in [0.4, 0.5) is 4.79 Å². The van der Waals surface area contributed by atoms with Crippen molar-refractivity contribution in [2.75, 3.05) is 27.2 Å². The molecule has 0 saturated carbocycles. The minimum atomic E-state index is -0.284. The van der Waals surface area contributed by atoms with E-state index in [1.54, 1.807) is 14.2 Å². The van der Waals surface area contributed by atoms with Gasteiger partial charge in [-0.05, 0) is 24.6 Å². The van der Waals surface area contributed by atoms with Gasteiger partial charge in [0, 0.05) is 25.6 Å². The van der Waals surface area contributed by atoms with Crippen LogP contribution in [0, 0.1) is 0 Å². The highest BCUT2D eigenvalue weighted by atomic mass is 16.5. The molecular formula is C22H26N4O3. The Hall–Kier alpha value is -3.35. The van der Waals surface area contributed by atoms with Crippen molar-refractivity contribution in [1.29, 1.82) is 0 Å². The molecule has 1 aliphatic heterocycles. The second kappa shape index (κ2) is 9.23. The molecular weight excluding hydrogens is 368 g/mol. The van der Waals surface area contributed by atoms with Crippen molar-refractivity contribution < 1.29 is 14.3 Å². The molecule has 0 fully saturated rings. The Kier molecular flexibility index (Phi) is 6.49. The second-order valence-corrected chi connectivity index (χ2v) is 6.84. The molecule has 0 aliphatic carbocycles. The Labute approximate surface area is 171 Å². The molecule has 0 unspecified atom stereocenters. The summed E-state index contributed by atoms with van der Waals surface area (Å²) in [5.74, 6) is 0.507. The van der Waals surface area contributed by atoms with Gasteiger partial charge < -0.3 is 15.0 Å². The molecule has 0 saturated heterocycles. The predicted octanol–water partition coefficient (Wildman–Crippen LogP) is 3.03. The summed E-state index contributed by atoms with van der Waals surface area (Å²) in [6, 6.07) is 17.0. The molecule has 29 heavy (non-hydrogen) atoms. The molecule has 1 heterocycles. The fraction of sp³-hybridized carbons (Fsp3) is 0.318. The van der Waals surface area contributed by atoms with Gasteiger partial charge in [-0.25, -0.2) is 9.80 Å². The highest BCUT2D eigenvalue weighted by molar-refractivity contribution is 6.03. The number of hydrazone groups is 1. The van der Waals surface area contributed by atoms with Gasteiger partial charge >= 0.3 is 6.03 Å². The molecule has 0 spiro atoms. The molecule has 152 valence electrons. The summed E-state index contributed by atoms with van der Waals surface area (Å²) in [6.45, 7) is 2.29. The van der Waals surface area contributed by atoms with E-state index in [-0.39, 0.29) is 24.5 Å². The van der Waals surface area contributed by atoms with Gasteiger partial charge in [0.25, 0.3) is 5.91 Å². The summed E-state index contributed by atoms with van der Waals surface area (Å²) in [5, 5.41) is 8.83. The van der Waals surface area contributed by atoms with Crippen molar-refractivity contribution in [3.63, 3.8) is 0 Å². The Morgan fingerprint density at radius 1 is 1.21 bits per heavy atom. The molecule has 1 atom stereocenters. The van der Waals surface area contributed by atoms with E-state index < -0.39 is 0 Å². The van der Waals surface area contributed by atoms with E-state index in [0.29, 0.717) is 13.0 Å². The topological polar surface area (TPSA) is 74.2 Å². The van der Waals surface area contributed by atoms with Crippen molar-refractivity contribution in [2.45, 2.75) is 19.4 Å². The Bertz CT molecular complexity index is 898. The van der Waals surface area contributed by atoms with Crippen LogP contribution in [0.1, 0.15) is 30.5 Å². The number of urea groups is 1. The maximum atomic E-state index is 13.0. The van der Waals surface area contributed by atoms with Crippen molar-refractivity contribution in [2.24, 2.45) is 5.10 Å². The number of benzene rings is 2. The summed E-state index contributed by atoms with van der Waals surface area (Å²) in [4.78, 5) is 26.4. The zero-order valence-corrected chi connectivity index (χ0v) is 17.0. The van der Waals surface area contributed by atoms with Crippen LogP contribution < -0.4 is 10.1 Å². The molecule has 0 aromatic heterocycles. The molecule has 3 amide bonds. The van der Waals surface area contributed by atoms with Gasteiger partial charge in [0.15, 0.2) is 0 Å². The number of rotatable bonds is 6. The lowest BCUT2D eigenvalue weighted by Crippen LogP contribution is -2.43. The first kappa shape index (κ1) is 20.4. The highest BCUT2D eigenvalue weighted by Crippen LogP contribution is 2.33. The van der Waals surface area contributed by atoms with E-state index in [1.165, 1.54) is 9.91 Å². The van der Waals surface area contributed by atoms with Crippen LogP contribution in [0.25, 0.3) is 0 Å². The van der Waals surface area contributed by atoms with Crippen LogP contribution in [-0.4, -0.2) is 54.8 Å². The molecule has 2 aromatic rings. The smallest absolute Gasteiger partial charge is 0.317 e. The number of amides is 3. The summed E-state index contributed by atoms with van der Waals surface area (Å²) in [6.07, 6.45) is 0.591. The third-order valence-corrected chi connectivity index (χ3v) is 4.80. The molecule has 7 nitrogen and oxygen atoms in total. The number of nitrogens with zero attached hydrogens (tertiary/aromatic N) is 3. The van der Waals surface area contributed by atoms with Gasteiger partial charge in [-0.2, -0.15) is 5.10 Å². The monoisotopic (exact) mass is 394 g/mol. The van der Waals surface area contributed by atoms with Crippen LogP contribution in [0.15, 0.2) is 59.7 Å². The standard InChI is InChI=1S/C22H26N4O3/c1-4-23-22(28)25(2)15-21(27)26-20(16-9-6-5-7-10-16)14-19(24-26)17-11-8-12-18(13-17)29-3/h5-13,20H,4,14-15H2,1-3H3,(H,23,28)/t20-/m1/s1. The van der Waals surface area contributed by atoms with Crippen molar-refractivity contribution in [3.05, 3.63) is 65.7 Å². The largest absolute Gasteiger partial charge is 0.497 e. The predicted molar refractivity (Wildman–Crippen MR) is 112 cm³/mol. The zero-order chi connectivity index (χ0) is 20.8. The summed E-state index contributed by atoms with van der Waals surface area (Å²) in [5.41, 5.74) is 2.73. The van der Waals surface area contributed by atoms with E-state index in [2.05, 4.69) is 10.4 Å². The average molecular weight is 394 g/mol. The Morgan fingerprint density at radius 2 is 1.97 bits per heavy atom. The number of methoxy groups -OCH3 is 1. The van der Waals surface area contributed by atoms with Gasteiger partial charge in [0.1, 0.15) is 12.3 Å². The fourth-order valence-electron chi connectivity index (χ4n) is 3.29. The highest BCUT2D eigenvalue weighted by Gasteiger charge is 2.33. The molecule has 1 aliphatic rings. The van der Waals surface area contributed by atoms with Gasteiger partial charge in [-0.1, -0.05) is 42.5 Å². The molecule has 7 heteroatoms. The number of ether oxygens (including phenoxy) is 1. The third-order valence-electron chi connectivity index (χ3n) is 4.80. The number of hydrogen-bond acceptors (Lipinski definition) is 4. The minimum absolute atomic E-state index is 0.0515. The van der Waals surface area contributed by atoms with Crippen molar-refractivity contribution >= 4 is 17.6 Å². The van der Waals surface area contributed by atoms with Crippen molar-refractivity contribution in [3.8, 4) is 5.75 Å². The van der Waals surface area contributed by atoms with Crippen LogP contribution in [0.3, 0.4) is 0 Å². The normalized spacial score (nSPS) is 15.6. The number of likely N-dealkylation sites (N-methyl/N-ethyl adjacent to an activating group) is 1. The first-order valence-electron chi connectivity index (χ1n) is 9.61. The quantitative estimate of drug-likeness (QED) is 0.818. The average Bonchev–Trinajstić information content (AvgIpc) is 3.20. The van der Waals surface area contributed by atoms with E-state index in [9.17, 15) is 9.59 Å². The molecule has 2 aromatic carbocycles. The second-order valence-electron chi connectivity index (χ2n) is 6.84. The number of carbonyl (C=O) groups excluding carboxylic acids is 2. The van der Waals surface area contributed by atoms with Gasteiger partial charge in [-0.15, -0.1) is 0 Å². The van der Waals surface area contributed by atoms with Gasteiger partial charge in [0.2, 0.25) is 0 Å². The third kappa shape index (κ3) is 4.74. The van der Waals surface area contributed by atoms with E-state index >= 15 is 0 Å².